The molecule has 0 aromatic heterocycles. The van der Waals surface area contributed by atoms with Crippen LogP contribution in [-0.2, 0) is 14.3 Å². The van der Waals surface area contributed by atoms with Gasteiger partial charge in [0.05, 0.1) is 39.0 Å². The third-order valence-electron chi connectivity index (χ3n) is 4.47. The summed E-state index contributed by atoms with van der Waals surface area (Å²) in [5.41, 5.74) is 0.667. The van der Waals surface area contributed by atoms with E-state index in [0.29, 0.717) is 50.0 Å². The number of ether oxygens (including phenoxy) is 3. The van der Waals surface area contributed by atoms with E-state index in [1.54, 1.807) is 42.2 Å². The van der Waals surface area contributed by atoms with Crippen LogP contribution in [0.2, 0.25) is 0 Å². The molecule has 0 radical (unpaired) electrons. The highest BCUT2D eigenvalue weighted by molar-refractivity contribution is 6.01. The highest BCUT2D eigenvalue weighted by Gasteiger charge is 2.38. The molecule has 130 valence electrons. The molecule has 0 spiro atoms. The van der Waals surface area contributed by atoms with Gasteiger partial charge in [0.25, 0.3) is 0 Å². The molecule has 0 bridgehead atoms. The fraction of sp³-hybridized carbons (Fsp3) is 0.529. The van der Waals surface area contributed by atoms with Crippen molar-refractivity contribution in [1.29, 1.82) is 0 Å². The van der Waals surface area contributed by atoms with Gasteiger partial charge in [0.1, 0.15) is 11.5 Å². The highest BCUT2D eigenvalue weighted by atomic mass is 16.5. The van der Waals surface area contributed by atoms with Crippen LogP contribution in [-0.4, -0.2) is 63.8 Å². The Morgan fingerprint density at radius 1 is 1.21 bits per heavy atom. The summed E-state index contributed by atoms with van der Waals surface area (Å²) in [5, 5.41) is 0. The van der Waals surface area contributed by atoms with Gasteiger partial charge in [-0.25, -0.2) is 0 Å². The van der Waals surface area contributed by atoms with Crippen LogP contribution in [0.5, 0.6) is 11.5 Å². The minimum atomic E-state index is -0.317. The summed E-state index contributed by atoms with van der Waals surface area (Å²) >= 11 is 0. The Hall–Kier alpha value is -2.28. The van der Waals surface area contributed by atoms with Crippen LogP contribution in [0.15, 0.2) is 18.2 Å². The molecule has 24 heavy (non-hydrogen) atoms. The first kappa shape index (κ1) is 16.6. The zero-order valence-electron chi connectivity index (χ0n) is 14.0. The third-order valence-corrected chi connectivity index (χ3v) is 4.47. The van der Waals surface area contributed by atoms with Gasteiger partial charge < -0.3 is 24.0 Å². The van der Waals surface area contributed by atoms with Crippen molar-refractivity contribution in [2.24, 2.45) is 5.92 Å². The predicted octanol–water partition coefficient (Wildman–Crippen LogP) is 0.915. The number of anilines is 1. The Bertz CT molecular complexity index is 627. The number of carbonyl (C=O) groups is 2. The van der Waals surface area contributed by atoms with E-state index in [1.807, 2.05) is 0 Å². The van der Waals surface area contributed by atoms with Crippen LogP contribution >= 0.6 is 0 Å². The summed E-state index contributed by atoms with van der Waals surface area (Å²) in [6.07, 6.45) is 0.228. The van der Waals surface area contributed by atoms with Crippen LogP contribution < -0.4 is 14.4 Å². The van der Waals surface area contributed by atoms with E-state index in [1.165, 1.54) is 0 Å². The van der Waals surface area contributed by atoms with Crippen molar-refractivity contribution in [2.45, 2.75) is 6.42 Å². The van der Waals surface area contributed by atoms with E-state index in [-0.39, 0.29) is 24.2 Å². The number of hydrogen-bond acceptors (Lipinski definition) is 5. The maximum atomic E-state index is 12.6. The Morgan fingerprint density at radius 2 is 1.96 bits per heavy atom. The van der Waals surface area contributed by atoms with E-state index in [0.717, 1.165) is 0 Å². The number of rotatable bonds is 4. The molecule has 2 heterocycles. The quantitative estimate of drug-likeness (QED) is 0.819. The van der Waals surface area contributed by atoms with Crippen LogP contribution in [0, 0.1) is 5.92 Å². The summed E-state index contributed by atoms with van der Waals surface area (Å²) < 4.78 is 15.8. The lowest BCUT2D eigenvalue weighted by molar-refractivity contribution is -0.139. The molecular formula is C17H22N2O5. The van der Waals surface area contributed by atoms with Crippen LogP contribution in [0.3, 0.4) is 0 Å². The van der Waals surface area contributed by atoms with Crippen molar-refractivity contribution >= 4 is 17.5 Å². The molecular weight excluding hydrogens is 312 g/mol. The number of amides is 2. The minimum absolute atomic E-state index is 0.0293. The number of methoxy groups -OCH3 is 2. The van der Waals surface area contributed by atoms with E-state index >= 15 is 0 Å². The number of morpholine rings is 1. The molecule has 2 fully saturated rings. The molecule has 3 rings (SSSR count). The first-order valence-electron chi connectivity index (χ1n) is 8.03. The third kappa shape index (κ3) is 3.17. The lowest BCUT2D eigenvalue weighted by Gasteiger charge is -2.29. The van der Waals surface area contributed by atoms with Crippen LogP contribution in [0.25, 0.3) is 0 Å². The molecule has 0 unspecified atom stereocenters. The molecule has 2 aliphatic rings. The maximum Gasteiger partial charge on any atom is 0.228 e. The standard InChI is InChI=1S/C17H22N2O5/c1-22-13-3-4-14(15(10-13)23-2)19-11-12(9-16(19)20)17(21)18-5-7-24-8-6-18/h3-4,10,12H,5-9,11H2,1-2H3/t12-/m1/s1. The average Bonchev–Trinajstić information content (AvgIpc) is 3.02. The zero-order valence-corrected chi connectivity index (χ0v) is 14.0. The van der Waals surface area contributed by atoms with Gasteiger partial charge in [-0.15, -0.1) is 0 Å². The smallest absolute Gasteiger partial charge is 0.228 e. The summed E-state index contributed by atoms with van der Waals surface area (Å²) in [5.74, 6) is 0.861. The van der Waals surface area contributed by atoms with Crippen molar-refractivity contribution in [3.05, 3.63) is 18.2 Å². The van der Waals surface area contributed by atoms with Crippen molar-refractivity contribution < 1.29 is 23.8 Å². The molecule has 0 aliphatic carbocycles. The molecule has 2 amide bonds. The molecule has 7 nitrogen and oxygen atoms in total. The number of carbonyl (C=O) groups excluding carboxylic acids is 2. The van der Waals surface area contributed by atoms with Gasteiger partial charge in [0, 0.05) is 32.1 Å². The number of benzene rings is 1. The first-order chi connectivity index (χ1) is 11.6. The van der Waals surface area contributed by atoms with Gasteiger partial charge in [-0.1, -0.05) is 0 Å². The summed E-state index contributed by atoms with van der Waals surface area (Å²) in [4.78, 5) is 28.5. The molecule has 1 atom stereocenters. The van der Waals surface area contributed by atoms with E-state index < -0.39 is 0 Å². The van der Waals surface area contributed by atoms with Gasteiger partial charge in [-0.3, -0.25) is 9.59 Å². The molecule has 2 saturated heterocycles. The van der Waals surface area contributed by atoms with Gasteiger partial charge in [-0.2, -0.15) is 0 Å². The molecule has 0 N–H and O–H groups in total. The largest absolute Gasteiger partial charge is 0.497 e. The fourth-order valence-corrected chi connectivity index (χ4v) is 3.16. The maximum absolute atomic E-state index is 12.6. The Kier molecular flexibility index (Phi) is 4.89. The molecule has 1 aromatic carbocycles. The normalized spacial score (nSPS) is 21.1. The highest BCUT2D eigenvalue weighted by Crippen LogP contribution is 2.36. The van der Waals surface area contributed by atoms with E-state index in [9.17, 15) is 9.59 Å². The van der Waals surface area contributed by atoms with Gasteiger partial charge >= 0.3 is 0 Å². The minimum Gasteiger partial charge on any atom is -0.497 e. The summed E-state index contributed by atoms with van der Waals surface area (Å²) in [7, 11) is 3.13. The summed E-state index contributed by atoms with van der Waals surface area (Å²) in [6, 6.07) is 5.30. The lowest BCUT2D eigenvalue weighted by atomic mass is 10.1. The first-order valence-corrected chi connectivity index (χ1v) is 8.03. The summed E-state index contributed by atoms with van der Waals surface area (Å²) in [6.45, 7) is 2.67. The fourth-order valence-electron chi connectivity index (χ4n) is 3.16. The van der Waals surface area contributed by atoms with Crippen molar-refractivity contribution in [2.75, 3.05) is 52.0 Å². The topological polar surface area (TPSA) is 68.3 Å². The predicted molar refractivity (Wildman–Crippen MR) is 87.4 cm³/mol. The van der Waals surface area contributed by atoms with Crippen LogP contribution in [0.4, 0.5) is 5.69 Å². The van der Waals surface area contributed by atoms with Gasteiger partial charge in [0.2, 0.25) is 11.8 Å². The van der Waals surface area contributed by atoms with Crippen molar-refractivity contribution in [3.63, 3.8) is 0 Å². The zero-order chi connectivity index (χ0) is 17.1. The number of nitrogens with zero attached hydrogens (tertiary/aromatic N) is 2. The SMILES string of the molecule is COc1ccc(N2C[C@H](C(=O)N3CCOCC3)CC2=O)c(OC)c1. The monoisotopic (exact) mass is 334 g/mol. The van der Waals surface area contributed by atoms with E-state index in [2.05, 4.69) is 0 Å². The van der Waals surface area contributed by atoms with Crippen molar-refractivity contribution in [3.8, 4) is 11.5 Å². The second kappa shape index (κ2) is 7.09. The second-order valence-electron chi connectivity index (χ2n) is 5.88. The average molecular weight is 334 g/mol. The lowest BCUT2D eigenvalue weighted by Crippen LogP contribution is -2.44. The van der Waals surface area contributed by atoms with Crippen LogP contribution in [0.1, 0.15) is 6.42 Å². The second-order valence-corrected chi connectivity index (χ2v) is 5.88. The molecule has 1 aromatic rings. The Morgan fingerprint density at radius 3 is 2.62 bits per heavy atom. The Labute approximate surface area is 141 Å². The Balaban J connectivity index is 1.76. The van der Waals surface area contributed by atoms with Gasteiger partial charge in [0.15, 0.2) is 0 Å². The molecule has 7 heteroatoms. The van der Waals surface area contributed by atoms with E-state index in [4.69, 9.17) is 14.2 Å². The van der Waals surface area contributed by atoms with Crippen molar-refractivity contribution in [1.82, 2.24) is 4.90 Å². The number of hydrogen-bond donors (Lipinski definition) is 0. The molecule has 0 saturated carbocycles. The van der Waals surface area contributed by atoms with Gasteiger partial charge in [-0.05, 0) is 12.1 Å². The molecule has 2 aliphatic heterocycles.